The molecular weight excluding hydrogens is 421 g/mol. The lowest BCUT2D eigenvalue weighted by atomic mass is 9.77. The van der Waals surface area contributed by atoms with Crippen LogP contribution in [0.25, 0.3) is 23.3 Å². The van der Waals surface area contributed by atoms with Crippen molar-refractivity contribution in [2.24, 2.45) is 5.92 Å². The molecule has 1 aliphatic rings. The van der Waals surface area contributed by atoms with Gasteiger partial charge in [-0.25, -0.2) is 13.2 Å². The molecule has 0 N–H and O–H groups in total. The number of hydrogen-bond acceptors (Lipinski definition) is 1. The number of rotatable bonds is 6. The fraction of sp³-hybridized carbons (Fsp3) is 0.310. The summed E-state index contributed by atoms with van der Waals surface area (Å²) in [5, 5.41) is 0. The number of halogens is 3. The molecule has 1 fully saturated rings. The van der Waals surface area contributed by atoms with Crippen molar-refractivity contribution < 1.29 is 17.9 Å². The van der Waals surface area contributed by atoms with E-state index >= 15 is 0 Å². The van der Waals surface area contributed by atoms with Crippen molar-refractivity contribution in [2.75, 3.05) is 7.11 Å². The summed E-state index contributed by atoms with van der Waals surface area (Å²) in [6.07, 6.45) is 8.53. The maximum atomic E-state index is 14.8. The topological polar surface area (TPSA) is 9.23 Å². The highest BCUT2D eigenvalue weighted by Gasteiger charge is 2.25. The fourth-order valence-electron chi connectivity index (χ4n) is 4.72. The average Bonchev–Trinajstić information content (AvgIpc) is 2.85. The molecule has 0 radical (unpaired) electrons. The van der Waals surface area contributed by atoms with Crippen molar-refractivity contribution in [1.82, 2.24) is 0 Å². The monoisotopic (exact) mass is 450 g/mol. The number of benzene rings is 3. The first-order valence-electron chi connectivity index (χ1n) is 11.6. The molecule has 0 spiro atoms. The molecule has 0 atom stereocenters. The molecule has 0 aromatic heterocycles. The van der Waals surface area contributed by atoms with Gasteiger partial charge in [-0.3, -0.25) is 0 Å². The van der Waals surface area contributed by atoms with Crippen LogP contribution in [0.15, 0.2) is 54.6 Å². The van der Waals surface area contributed by atoms with E-state index < -0.39 is 17.5 Å². The van der Waals surface area contributed by atoms with Gasteiger partial charge in [0.25, 0.3) is 0 Å². The summed E-state index contributed by atoms with van der Waals surface area (Å²) in [5.41, 5.74) is 3.18. The van der Waals surface area contributed by atoms with Crippen LogP contribution in [0.4, 0.5) is 13.2 Å². The minimum absolute atomic E-state index is 0.107. The highest BCUT2D eigenvalue weighted by molar-refractivity contribution is 5.72. The van der Waals surface area contributed by atoms with Gasteiger partial charge in [0.2, 0.25) is 0 Å². The van der Waals surface area contributed by atoms with Crippen molar-refractivity contribution in [3.05, 3.63) is 88.7 Å². The quantitative estimate of drug-likeness (QED) is 0.342. The molecule has 4 heteroatoms. The zero-order valence-corrected chi connectivity index (χ0v) is 19.1. The lowest BCUT2D eigenvalue weighted by Gasteiger charge is -2.28. The Balaban J connectivity index is 1.47. The molecule has 3 aromatic rings. The van der Waals surface area contributed by atoms with E-state index in [1.165, 1.54) is 13.2 Å². The highest BCUT2D eigenvalue weighted by atomic mass is 19.2. The summed E-state index contributed by atoms with van der Waals surface area (Å²) in [7, 11) is 1.43. The van der Waals surface area contributed by atoms with Crippen LogP contribution in [-0.2, 0) is 0 Å². The molecule has 0 bridgehead atoms. The second kappa shape index (κ2) is 10.3. The van der Waals surface area contributed by atoms with Crippen molar-refractivity contribution in [2.45, 2.75) is 44.9 Å². The molecule has 0 unspecified atom stereocenters. The zero-order chi connectivity index (χ0) is 23.4. The van der Waals surface area contributed by atoms with Crippen molar-refractivity contribution in [1.29, 1.82) is 0 Å². The van der Waals surface area contributed by atoms with E-state index in [1.54, 1.807) is 36.4 Å². The first-order valence-corrected chi connectivity index (χ1v) is 11.6. The molecule has 0 heterocycles. The third-order valence-electron chi connectivity index (χ3n) is 6.86. The predicted octanol–water partition coefficient (Wildman–Crippen LogP) is 8.63. The van der Waals surface area contributed by atoms with Gasteiger partial charge in [-0.1, -0.05) is 68.0 Å². The van der Waals surface area contributed by atoms with Crippen LogP contribution in [0, 0.1) is 23.4 Å². The van der Waals surface area contributed by atoms with Crippen molar-refractivity contribution in [3.63, 3.8) is 0 Å². The molecular formula is C29H29F3O. The first kappa shape index (κ1) is 23.2. The molecule has 0 saturated heterocycles. The van der Waals surface area contributed by atoms with Crippen molar-refractivity contribution in [3.8, 4) is 16.9 Å². The Kier molecular flexibility index (Phi) is 7.22. The van der Waals surface area contributed by atoms with Crippen molar-refractivity contribution >= 4 is 12.2 Å². The van der Waals surface area contributed by atoms with Crippen LogP contribution in [0.1, 0.15) is 61.6 Å². The normalized spacial score (nSPS) is 18.6. The lowest BCUT2D eigenvalue weighted by Crippen LogP contribution is -2.14. The van der Waals surface area contributed by atoms with E-state index in [2.05, 4.69) is 6.92 Å². The second-order valence-electron chi connectivity index (χ2n) is 8.80. The van der Waals surface area contributed by atoms with Gasteiger partial charge >= 0.3 is 0 Å². The van der Waals surface area contributed by atoms with Crippen LogP contribution in [0.3, 0.4) is 0 Å². The van der Waals surface area contributed by atoms with Crippen LogP contribution in [0.2, 0.25) is 0 Å². The Morgan fingerprint density at radius 3 is 2.15 bits per heavy atom. The molecule has 1 nitrogen and oxygen atoms in total. The summed E-state index contributed by atoms with van der Waals surface area (Å²) in [4.78, 5) is 0. The van der Waals surface area contributed by atoms with Gasteiger partial charge in [-0.05, 0) is 71.9 Å². The Hall–Kier alpha value is -3.01. The van der Waals surface area contributed by atoms with Gasteiger partial charge in [0.1, 0.15) is 0 Å². The molecule has 4 rings (SSSR count). The predicted molar refractivity (Wildman–Crippen MR) is 129 cm³/mol. The summed E-state index contributed by atoms with van der Waals surface area (Å²) in [6.45, 7) is 2.19. The summed E-state index contributed by atoms with van der Waals surface area (Å²) < 4.78 is 48.5. The lowest BCUT2D eigenvalue weighted by molar-refractivity contribution is 0.312. The second-order valence-corrected chi connectivity index (χ2v) is 8.80. The van der Waals surface area contributed by atoms with Gasteiger partial charge in [0.15, 0.2) is 23.2 Å². The maximum Gasteiger partial charge on any atom is 0.166 e. The summed E-state index contributed by atoms with van der Waals surface area (Å²) >= 11 is 0. The van der Waals surface area contributed by atoms with Crippen LogP contribution in [0.5, 0.6) is 5.75 Å². The van der Waals surface area contributed by atoms with Gasteiger partial charge in [-0.15, -0.1) is 0 Å². The SMILES string of the molecule is CCC1CCC(c2ccc(C=Cc3ccc(-c4ccc(OC)c(F)c4)cc3)c(F)c2F)CC1. The Bertz CT molecular complexity index is 1130. The number of ether oxygens (including phenoxy) is 1. The third-order valence-corrected chi connectivity index (χ3v) is 6.86. The number of hydrogen-bond donors (Lipinski definition) is 0. The molecule has 172 valence electrons. The maximum absolute atomic E-state index is 14.8. The summed E-state index contributed by atoms with van der Waals surface area (Å²) in [6, 6.07) is 15.7. The van der Waals surface area contributed by atoms with Gasteiger partial charge < -0.3 is 4.74 Å². The highest BCUT2D eigenvalue weighted by Crippen LogP contribution is 2.38. The van der Waals surface area contributed by atoms with E-state index in [1.807, 2.05) is 24.3 Å². The fourth-order valence-corrected chi connectivity index (χ4v) is 4.72. The zero-order valence-electron chi connectivity index (χ0n) is 19.1. The third kappa shape index (κ3) is 5.16. The molecule has 3 aromatic carbocycles. The van der Waals surface area contributed by atoms with E-state index in [9.17, 15) is 13.2 Å². The van der Waals surface area contributed by atoms with E-state index in [-0.39, 0.29) is 17.2 Å². The smallest absolute Gasteiger partial charge is 0.166 e. The molecule has 0 amide bonds. The van der Waals surface area contributed by atoms with E-state index in [0.29, 0.717) is 11.5 Å². The Labute approximate surface area is 193 Å². The standard InChI is InChI=1S/C29H29F3O/c1-3-19-4-11-22(12-5-19)25-16-14-23(28(31)29(25)32)13-8-20-6-9-21(10-7-20)24-15-17-27(33-2)26(30)18-24/h6-10,13-19,22H,3-5,11-12H2,1-2H3. The van der Waals surface area contributed by atoms with Crippen LogP contribution in [-0.4, -0.2) is 7.11 Å². The number of methoxy groups -OCH3 is 1. The molecule has 1 aliphatic carbocycles. The molecule has 1 saturated carbocycles. The minimum atomic E-state index is -0.785. The van der Waals surface area contributed by atoms with E-state index in [0.717, 1.165) is 48.8 Å². The molecule has 33 heavy (non-hydrogen) atoms. The average molecular weight is 451 g/mol. The molecule has 0 aliphatic heterocycles. The Morgan fingerprint density at radius 2 is 1.52 bits per heavy atom. The van der Waals surface area contributed by atoms with Crippen LogP contribution < -0.4 is 4.74 Å². The van der Waals surface area contributed by atoms with E-state index in [4.69, 9.17) is 4.74 Å². The minimum Gasteiger partial charge on any atom is -0.494 e. The van der Waals surface area contributed by atoms with Gasteiger partial charge in [0, 0.05) is 5.56 Å². The first-order chi connectivity index (χ1) is 16.0. The van der Waals surface area contributed by atoms with Crippen LogP contribution >= 0.6 is 0 Å². The largest absolute Gasteiger partial charge is 0.494 e. The van der Waals surface area contributed by atoms with Gasteiger partial charge in [0.05, 0.1) is 7.11 Å². The Morgan fingerprint density at radius 1 is 0.818 bits per heavy atom. The summed E-state index contributed by atoms with van der Waals surface area (Å²) in [5.74, 6) is -0.895. The van der Waals surface area contributed by atoms with Gasteiger partial charge in [-0.2, -0.15) is 0 Å².